The third kappa shape index (κ3) is 5.02. The molecule has 2 bridgehead atoms. The minimum atomic E-state index is -0.104. The van der Waals surface area contributed by atoms with Gasteiger partial charge in [0.1, 0.15) is 0 Å². The topological polar surface area (TPSA) is 91.6 Å². The molecular formula is C23H35IN6O2. The largest absolute Gasteiger partial charge is 0.357 e. The van der Waals surface area contributed by atoms with E-state index in [0.29, 0.717) is 19.5 Å². The summed E-state index contributed by atoms with van der Waals surface area (Å²) in [6, 6.07) is 2.09. The summed E-state index contributed by atoms with van der Waals surface area (Å²) in [5, 5.41) is 11.1. The fraction of sp³-hybridized carbons (Fsp3) is 0.652. The lowest BCUT2D eigenvalue weighted by molar-refractivity contribution is -0.140. The number of likely N-dealkylation sites (tertiary alicyclic amines) is 1. The lowest BCUT2D eigenvalue weighted by Gasteiger charge is -2.17. The molecule has 1 aliphatic heterocycles. The lowest BCUT2D eigenvalue weighted by Crippen LogP contribution is -2.38. The van der Waals surface area contributed by atoms with E-state index in [1.165, 1.54) is 10.6 Å². The molecular weight excluding hydrogens is 519 g/mol. The maximum atomic E-state index is 12.7. The van der Waals surface area contributed by atoms with Gasteiger partial charge in [-0.1, -0.05) is 12.2 Å². The van der Waals surface area contributed by atoms with Crippen molar-refractivity contribution in [3.8, 4) is 0 Å². The van der Waals surface area contributed by atoms with Gasteiger partial charge in [-0.05, 0) is 57.9 Å². The van der Waals surface area contributed by atoms with Crippen LogP contribution in [0.25, 0.3) is 0 Å². The van der Waals surface area contributed by atoms with Crippen LogP contribution in [0, 0.1) is 37.5 Å². The van der Waals surface area contributed by atoms with Crippen molar-refractivity contribution in [2.75, 3.05) is 26.2 Å². The number of halogens is 1. The average molecular weight is 554 g/mol. The maximum absolute atomic E-state index is 12.7. The second-order valence-corrected chi connectivity index (χ2v) is 8.87. The van der Waals surface area contributed by atoms with Crippen molar-refractivity contribution >= 4 is 41.8 Å². The molecule has 1 saturated carbocycles. The summed E-state index contributed by atoms with van der Waals surface area (Å²) in [6.45, 7) is 9.60. The Bertz CT molecular complexity index is 865. The number of carbonyl (C=O) groups is 2. The van der Waals surface area contributed by atoms with E-state index in [-0.39, 0.29) is 59.5 Å². The number of guanidine groups is 1. The van der Waals surface area contributed by atoms with Crippen LogP contribution in [-0.2, 0) is 16.1 Å². The van der Waals surface area contributed by atoms with Gasteiger partial charge < -0.3 is 10.6 Å². The summed E-state index contributed by atoms with van der Waals surface area (Å²) >= 11 is 0. The lowest BCUT2D eigenvalue weighted by atomic mass is 9.85. The third-order valence-corrected chi connectivity index (χ3v) is 6.66. The molecule has 0 spiro atoms. The number of carbonyl (C=O) groups excluding carboxylic acids is 2. The Morgan fingerprint density at radius 3 is 2.38 bits per heavy atom. The highest BCUT2D eigenvalue weighted by molar-refractivity contribution is 14.0. The Hall–Kier alpha value is -1.91. The quantitative estimate of drug-likeness (QED) is 0.122. The highest BCUT2D eigenvalue weighted by atomic mass is 127. The van der Waals surface area contributed by atoms with Crippen molar-refractivity contribution in [3.63, 3.8) is 0 Å². The van der Waals surface area contributed by atoms with Crippen LogP contribution in [-0.4, -0.2) is 58.6 Å². The zero-order valence-corrected chi connectivity index (χ0v) is 21.5. The Balaban J connectivity index is 0.00000289. The maximum Gasteiger partial charge on any atom is 0.233 e. The molecule has 3 aliphatic rings. The first-order valence-electron chi connectivity index (χ1n) is 11.6. The van der Waals surface area contributed by atoms with Crippen molar-refractivity contribution in [2.45, 2.75) is 46.6 Å². The standard InChI is InChI=1S/C23H34N6O2.HI/c1-4-24-23(26-10-6-12-29-16(3)13-15(2)27-29)25-9-5-11-28-21(30)19-17-7-8-18(14-17)20(19)22(28)31;/h7-8,13,17-20H,4-6,9-12,14H2,1-3H3,(H2,24,25,26);1H. The molecule has 2 amide bonds. The zero-order chi connectivity index (χ0) is 22.0. The number of amides is 2. The van der Waals surface area contributed by atoms with Crippen molar-refractivity contribution in [2.24, 2.45) is 28.7 Å². The summed E-state index contributed by atoms with van der Waals surface area (Å²) < 4.78 is 2.03. The summed E-state index contributed by atoms with van der Waals surface area (Å²) in [5.41, 5.74) is 2.22. The first-order valence-corrected chi connectivity index (χ1v) is 11.6. The van der Waals surface area contributed by atoms with Crippen LogP contribution in [0.3, 0.4) is 0 Å². The number of nitrogens with one attached hydrogen (secondary N) is 2. The summed E-state index contributed by atoms with van der Waals surface area (Å²) in [6.07, 6.45) is 6.87. The highest BCUT2D eigenvalue weighted by Crippen LogP contribution is 2.52. The number of hydrogen-bond donors (Lipinski definition) is 2. The second-order valence-electron chi connectivity index (χ2n) is 8.87. The number of rotatable bonds is 9. The molecule has 1 aromatic rings. The van der Waals surface area contributed by atoms with E-state index in [9.17, 15) is 9.59 Å². The van der Waals surface area contributed by atoms with E-state index >= 15 is 0 Å². The Kier molecular flexibility index (Phi) is 8.35. The number of fused-ring (bicyclic) bond motifs is 5. The number of aliphatic imine (C=N–C) groups is 1. The molecule has 0 radical (unpaired) electrons. The number of aromatic nitrogens is 2. The molecule has 1 aromatic heterocycles. The Labute approximate surface area is 207 Å². The first-order chi connectivity index (χ1) is 15.0. The molecule has 2 aliphatic carbocycles. The monoisotopic (exact) mass is 554 g/mol. The predicted octanol–water partition coefficient (Wildman–Crippen LogP) is 2.26. The van der Waals surface area contributed by atoms with E-state index in [1.807, 2.05) is 18.5 Å². The van der Waals surface area contributed by atoms with E-state index in [0.717, 1.165) is 44.1 Å². The van der Waals surface area contributed by atoms with Gasteiger partial charge in [0.15, 0.2) is 5.96 Å². The number of hydrogen-bond acceptors (Lipinski definition) is 4. The van der Waals surface area contributed by atoms with Crippen LogP contribution in [0.1, 0.15) is 37.6 Å². The molecule has 1 saturated heterocycles. The normalized spacial score (nSPS) is 26.0. The molecule has 0 aromatic carbocycles. The van der Waals surface area contributed by atoms with E-state index in [1.54, 1.807) is 0 Å². The number of nitrogens with zero attached hydrogens (tertiary/aromatic N) is 4. The fourth-order valence-corrected chi connectivity index (χ4v) is 5.28. The number of allylic oxidation sites excluding steroid dienone is 2. The van der Waals surface area contributed by atoms with Gasteiger partial charge in [-0.3, -0.25) is 24.2 Å². The number of aryl methyl sites for hydroxylation is 3. The van der Waals surface area contributed by atoms with E-state index in [2.05, 4.69) is 45.9 Å². The second kappa shape index (κ2) is 10.8. The molecule has 4 atom stereocenters. The van der Waals surface area contributed by atoms with E-state index in [4.69, 9.17) is 0 Å². The summed E-state index contributed by atoms with van der Waals surface area (Å²) in [4.78, 5) is 31.6. The van der Waals surface area contributed by atoms with Gasteiger partial charge in [0.05, 0.1) is 17.5 Å². The fourth-order valence-electron chi connectivity index (χ4n) is 5.28. The molecule has 176 valence electrons. The van der Waals surface area contributed by atoms with Gasteiger partial charge in [-0.2, -0.15) is 5.10 Å². The van der Waals surface area contributed by atoms with Crippen molar-refractivity contribution < 1.29 is 9.59 Å². The van der Waals surface area contributed by atoms with Gasteiger partial charge in [0.2, 0.25) is 11.8 Å². The highest BCUT2D eigenvalue weighted by Gasteiger charge is 2.58. The summed E-state index contributed by atoms with van der Waals surface area (Å²) in [5.74, 6) is 1.17. The molecule has 2 N–H and O–H groups in total. The molecule has 4 unspecified atom stereocenters. The van der Waals surface area contributed by atoms with Crippen LogP contribution in [0.5, 0.6) is 0 Å². The van der Waals surface area contributed by atoms with Crippen molar-refractivity contribution in [1.29, 1.82) is 0 Å². The van der Waals surface area contributed by atoms with Crippen molar-refractivity contribution in [3.05, 3.63) is 29.6 Å². The minimum Gasteiger partial charge on any atom is -0.357 e. The van der Waals surface area contributed by atoms with Crippen molar-refractivity contribution in [1.82, 2.24) is 25.3 Å². The third-order valence-electron chi connectivity index (χ3n) is 6.66. The minimum absolute atomic E-state index is 0. The molecule has 9 heteroatoms. The molecule has 2 heterocycles. The Morgan fingerprint density at radius 1 is 1.09 bits per heavy atom. The average Bonchev–Trinajstić information content (AvgIpc) is 3.48. The van der Waals surface area contributed by atoms with Crippen LogP contribution in [0.15, 0.2) is 23.2 Å². The van der Waals surface area contributed by atoms with Gasteiger partial charge in [-0.25, -0.2) is 0 Å². The molecule has 2 fully saturated rings. The van der Waals surface area contributed by atoms with Crippen LogP contribution in [0.4, 0.5) is 0 Å². The van der Waals surface area contributed by atoms with Gasteiger partial charge in [0, 0.05) is 38.4 Å². The van der Waals surface area contributed by atoms with Crippen LogP contribution in [0.2, 0.25) is 0 Å². The van der Waals surface area contributed by atoms with Gasteiger partial charge >= 0.3 is 0 Å². The smallest absolute Gasteiger partial charge is 0.233 e. The number of imide groups is 1. The van der Waals surface area contributed by atoms with Crippen LogP contribution < -0.4 is 10.6 Å². The predicted molar refractivity (Wildman–Crippen MR) is 135 cm³/mol. The van der Waals surface area contributed by atoms with Crippen LogP contribution >= 0.6 is 24.0 Å². The Morgan fingerprint density at radius 2 is 1.78 bits per heavy atom. The molecule has 32 heavy (non-hydrogen) atoms. The zero-order valence-electron chi connectivity index (χ0n) is 19.2. The van der Waals surface area contributed by atoms with E-state index < -0.39 is 0 Å². The first kappa shape index (κ1) is 24.7. The van der Waals surface area contributed by atoms with Gasteiger partial charge in [0.25, 0.3) is 0 Å². The van der Waals surface area contributed by atoms with Gasteiger partial charge in [-0.15, -0.1) is 24.0 Å². The molecule has 8 nitrogen and oxygen atoms in total. The SMILES string of the molecule is CCNC(=NCCCN1C(=O)C2C3C=CC(C3)C2C1=O)NCCCn1nc(C)cc1C.I. The molecule has 4 rings (SSSR count). The summed E-state index contributed by atoms with van der Waals surface area (Å²) in [7, 11) is 0.